The van der Waals surface area contributed by atoms with Gasteiger partial charge in [0.15, 0.2) is 0 Å². The van der Waals surface area contributed by atoms with Gasteiger partial charge in [-0.15, -0.1) is 0 Å². The van der Waals surface area contributed by atoms with Crippen molar-refractivity contribution < 1.29 is 0 Å². The molecule has 3 rings (SSSR count). The van der Waals surface area contributed by atoms with E-state index in [0.717, 1.165) is 19.0 Å². The molecular formula is C18H29B2N5. The van der Waals surface area contributed by atoms with E-state index in [1.165, 1.54) is 31.4 Å². The lowest BCUT2D eigenvalue weighted by Gasteiger charge is -2.50. The number of benzene rings is 1. The van der Waals surface area contributed by atoms with Crippen LogP contribution in [0, 0.1) is 0 Å². The number of para-hydroxylation sites is 1. The van der Waals surface area contributed by atoms with E-state index in [-0.39, 0.29) is 0 Å². The van der Waals surface area contributed by atoms with Crippen LogP contribution in [0.25, 0.3) is 0 Å². The van der Waals surface area contributed by atoms with Crippen LogP contribution in [-0.4, -0.2) is 42.1 Å². The van der Waals surface area contributed by atoms with Crippen molar-refractivity contribution in [3.8, 4) is 0 Å². The molecule has 2 heterocycles. The molecule has 0 saturated carbocycles. The molecule has 132 valence electrons. The Bertz CT molecular complexity index is 622. The second-order valence-corrected chi connectivity index (χ2v) is 6.92. The van der Waals surface area contributed by atoms with Gasteiger partial charge in [-0.05, 0) is 31.2 Å². The second kappa shape index (κ2) is 8.48. The molecule has 0 atom stereocenters. The van der Waals surface area contributed by atoms with Gasteiger partial charge in [0.1, 0.15) is 5.82 Å². The number of nitrogens with zero attached hydrogens (tertiary/aromatic N) is 4. The lowest BCUT2D eigenvalue weighted by molar-refractivity contribution is 0.544. The van der Waals surface area contributed by atoms with Crippen molar-refractivity contribution in [3.63, 3.8) is 0 Å². The summed E-state index contributed by atoms with van der Waals surface area (Å²) in [4.78, 5) is 4.88. The highest BCUT2D eigenvalue weighted by Gasteiger charge is 2.41. The number of hydrogen-bond donors (Lipinski definition) is 1. The first-order valence-corrected chi connectivity index (χ1v) is 9.55. The summed E-state index contributed by atoms with van der Waals surface area (Å²) in [6.45, 7) is 9.60. The summed E-state index contributed by atoms with van der Waals surface area (Å²) in [6, 6.07) is 12.8. The van der Waals surface area contributed by atoms with Gasteiger partial charge in [-0.3, -0.25) is 5.10 Å². The zero-order chi connectivity index (χ0) is 17.6. The molecule has 1 aromatic carbocycles. The molecule has 1 aliphatic heterocycles. The van der Waals surface area contributed by atoms with Crippen LogP contribution >= 0.6 is 0 Å². The number of rotatable bonds is 7. The molecule has 1 fully saturated rings. The Balaban J connectivity index is 1.81. The first kappa shape index (κ1) is 17.9. The quantitative estimate of drug-likeness (QED) is 0.616. The molecule has 1 aromatic heterocycles. The number of hydrogen-bond acceptors (Lipinski definition) is 4. The minimum Gasteiger partial charge on any atom is -0.386 e. The number of unbranched alkanes of at least 4 members (excludes halogenated alkanes) is 3. The maximum Gasteiger partial charge on any atom is 0.332 e. The summed E-state index contributed by atoms with van der Waals surface area (Å²) in [6.07, 6.45) is 6.99. The van der Waals surface area contributed by atoms with Crippen LogP contribution in [0.15, 0.2) is 42.6 Å². The second-order valence-electron chi connectivity index (χ2n) is 6.92. The minimum atomic E-state index is 0.344. The summed E-state index contributed by atoms with van der Waals surface area (Å²) >= 11 is 0. The van der Waals surface area contributed by atoms with Crippen LogP contribution in [0.1, 0.15) is 32.6 Å². The highest BCUT2D eigenvalue weighted by Crippen LogP contribution is 2.26. The first-order valence-electron chi connectivity index (χ1n) is 9.55. The molecule has 1 saturated heterocycles. The molecule has 0 amide bonds. The fraction of sp³-hybridized carbons (Fsp3) is 0.500. The third kappa shape index (κ3) is 4.03. The van der Waals surface area contributed by atoms with E-state index in [1.54, 1.807) is 0 Å². The van der Waals surface area contributed by atoms with Gasteiger partial charge in [-0.25, -0.2) is 0 Å². The van der Waals surface area contributed by atoms with Gasteiger partial charge >= 0.3 is 14.0 Å². The van der Waals surface area contributed by atoms with Crippen LogP contribution in [0.5, 0.6) is 0 Å². The first-order chi connectivity index (χ1) is 12.2. The topological polar surface area (TPSA) is 38.4 Å². The molecule has 0 bridgehead atoms. The molecule has 0 radical (unpaired) electrons. The van der Waals surface area contributed by atoms with Crippen molar-refractivity contribution in [2.75, 3.05) is 22.8 Å². The van der Waals surface area contributed by atoms with Gasteiger partial charge in [0, 0.05) is 5.69 Å². The molecule has 1 N–H and O–H groups in total. The fourth-order valence-electron chi connectivity index (χ4n) is 3.77. The van der Waals surface area contributed by atoms with E-state index in [0.29, 0.717) is 14.0 Å². The lowest BCUT2D eigenvalue weighted by Crippen LogP contribution is -2.70. The standard InChI is InChI=1S/C18H29B2N5/c1-4-5-6-10-15-25-19(2)23(17-11-8-7-9-12-17)16-24(20(25)3)18-13-14-21-22-18/h7-9,11-14H,4-6,10,15-16H2,1-3H3,(H,21,22). The average Bonchev–Trinajstić information content (AvgIpc) is 3.16. The van der Waals surface area contributed by atoms with Crippen LogP contribution in [0.2, 0.25) is 13.6 Å². The lowest BCUT2D eigenvalue weighted by atomic mass is 9.57. The van der Waals surface area contributed by atoms with Gasteiger partial charge in [0.05, 0.1) is 12.9 Å². The minimum absolute atomic E-state index is 0.344. The van der Waals surface area contributed by atoms with Gasteiger partial charge in [0.2, 0.25) is 0 Å². The molecule has 7 heteroatoms. The van der Waals surface area contributed by atoms with E-state index < -0.39 is 0 Å². The van der Waals surface area contributed by atoms with Gasteiger partial charge < -0.3 is 14.3 Å². The van der Waals surface area contributed by atoms with Gasteiger partial charge in [-0.2, -0.15) is 5.10 Å². The zero-order valence-corrected chi connectivity index (χ0v) is 15.7. The van der Waals surface area contributed by atoms with Crippen molar-refractivity contribution >= 4 is 25.5 Å². The Labute approximate surface area is 152 Å². The number of aromatic nitrogens is 2. The Hall–Kier alpha value is -1.88. The summed E-state index contributed by atoms with van der Waals surface area (Å²) in [7, 11) is 0. The summed E-state index contributed by atoms with van der Waals surface area (Å²) in [5.74, 6) is 1.08. The van der Waals surface area contributed by atoms with Crippen LogP contribution < -0.4 is 9.62 Å². The fourth-order valence-corrected chi connectivity index (χ4v) is 3.77. The summed E-state index contributed by atoms with van der Waals surface area (Å²) in [5, 5.41) is 7.30. The number of nitrogens with one attached hydrogen (secondary N) is 1. The van der Waals surface area contributed by atoms with E-state index in [9.17, 15) is 0 Å². The Morgan fingerprint density at radius 1 is 1.00 bits per heavy atom. The van der Waals surface area contributed by atoms with Crippen LogP contribution in [-0.2, 0) is 0 Å². The Morgan fingerprint density at radius 3 is 2.44 bits per heavy atom. The summed E-state index contributed by atoms with van der Waals surface area (Å²) in [5.41, 5.74) is 1.27. The third-order valence-electron chi connectivity index (χ3n) is 5.32. The molecule has 0 unspecified atom stereocenters. The maximum atomic E-state index is 4.16. The highest BCUT2D eigenvalue weighted by molar-refractivity contribution is 6.77. The number of H-pyrrole nitrogens is 1. The van der Waals surface area contributed by atoms with Crippen LogP contribution in [0.4, 0.5) is 11.5 Å². The van der Waals surface area contributed by atoms with Crippen molar-refractivity contribution in [2.24, 2.45) is 0 Å². The maximum absolute atomic E-state index is 4.16. The SMILES string of the molecule is CCCCCCN1B(C)N(c2ccccc2)CN(c2ccn[nH]2)B1C. The van der Waals surface area contributed by atoms with Crippen LogP contribution in [0.3, 0.4) is 0 Å². The number of anilines is 2. The molecule has 1 aliphatic rings. The molecule has 0 aliphatic carbocycles. The monoisotopic (exact) mass is 337 g/mol. The molecule has 25 heavy (non-hydrogen) atoms. The van der Waals surface area contributed by atoms with Crippen molar-refractivity contribution in [3.05, 3.63) is 42.6 Å². The predicted octanol–water partition coefficient (Wildman–Crippen LogP) is 3.81. The van der Waals surface area contributed by atoms with Crippen molar-refractivity contribution in [2.45, 2.75) is 46.3 Å². The normalized spacial score (nSPS) is 16.0. The van der Waals surface area contributed by atoms with Crippen molar-refractivity contribution in [1.29, 1.82) is 0 Å². The molecule has 2 aromatic rings. The Kier molecular flexibility index (Phi) is 6.08. The summed E-state index contributed by atoms with van der Waals surface area (Å²) < 4.78 is 2.60. The van der Waals surface area contributed by atoms with Gasteiger partial charge in [0.25, 0.3) is 0 Å². The predicted molar refractivity (Wildman–Crippen MR) is 109 cm³/mol. The number of aromatic amines is 1. The highest BCUT2D eigenvalue weighted by atomic mass is 15.4. The Morgan fingerprint density at radius 2 is 1.76 bits per heavy atom. The molecule has 5 nitrogen and oxygen atoms in total. The zero-order valence-electron chi connectivity index (χ0n) is 15.7. The smallest absolute Gasteiger partial charge is 0.332 e. The molecule has 0 spiro atoms. The van der Waals surface area contributed by atoms with E-state index in [4.69, 9.17) is 0 Å². The van der Waals surface area contributed by atoms with Crippen molar-refractivity contribution in [1.82, 2.24) is 14.9 Å². The average molecular weight is 337 g/mol. The third-order valence-corrected chi connectivity index (χ3v) is 5.32. The van der Waals surface area contributed by atoms with E-state index in [1.807, 2.05) is 6.20 Å². The molecular weight excluding hydrogens is 308 g/mol. The largest absolute Gasteiger partial charge is 0.386 e. The van der Waals surface area contributed by atoms with E-state index in [2.05, 4.69) is 81.5 Å². The van der Waals surface area contributed by atoms with Gasteiger partial charge in [-0.1, -0.05) is 58.0 Å². The van der Waals surface area contributed by atoms with E-state index >= 15 is 0 Å².